The average molecular weight is 735 g/mol. The van der Waals surface area contributed by atoms with Crippen LogP contribution in [0.5, 0.6) is 0 Å². The maximum Gasteiger partial charge on any atom is 0.227 e. The van der Waals surface area contributed by atoms with Gasteiger partial charge in [0.15, 0.2) is 23.1 Å². The van der Waals surface area contributed by atoms with E-state index >= 15 is 0 Å². The number of benzene rings is 8. The van der Waals surface area contributed by atoms with Crippen molar-refractivity contribution < 1.29 is 4.42 Å². The molecule has 0 bridgehead atoms. The summed E-state index contributed by atoms with van der Waals surface area (Å²) < 4.78 is 8.92. The molecule has 0 radical (unpaired) electrons. The summed E-state index contributed by atoms with van der Waals surface area (Å²) in [4.78, 5) is 20.2. The van der Waals surface area contributed by atoms with Gasteiger partial charge in [-0.2, -0.15) is 0 Å². The lowest BCUT2D eigenvalue weighted by molar-refractivity contribution is 0.620. The van der Waals surface area contributed by atoms with E-state index < -0.39 is 0 Å². The molecule has 0 atom stereocenters. The van der Waals surface area contributed by atoms with Crippen molar-refractivity contribution in [1.29, 1.82) is 0 Å². The first kappa shape index (κ1) is 32.2. The van der Waals surface area contributed by atoms with Crippen LogP contribution in [-0.2, 0) is 0 Å². The lowest BCUT2D eigenvalue weighted by Crippen LogP contribution is -2.00. The highest BCUT2D eigenvalue weighted by Crippen LogP contribution is 2.45. The van der Waals surface area contributed by atoms with E-state index in [0.29, 0.717) is 23.4 Å². The van der Waals surface area contributed by atoms with Gasteiger partial charge in [0.05, 0.1) is 0 Å². The average Bonchev–Trinajstić information content (AvgIpc) is 3.87. The Morgan fingerprint density at radius 1 is 0.375 bits per heavy atom. The molecule has 5 nitrogen and oxygen atoms in total. The van der Waals surface area contributed by atoms with Gasteiger partial charge in [0, 0.05) is 48.0 Å². The Morgan fingerprint density at radius 2 is 0.929 bits per heavy atom. The van der Waals surface area contributed by atoms with Gasteiger partial charge in [0.25, 0.3) is 0 Å². The molecule has 0 spiro atoms. The monoisotopic (exact) mass is 734 g/mol. The second-order valence-electron chi connectivity index (χ2n) is 13.9. The fourth-order valence-corrected chi connectivity index (χ4v) is 8.82. The van der Waals surface area contributed by atoms with Crippen LogP contribution in [0, 0.1) is 0 Å². The van der Waals surface area contributed by atoms with Crippen molar-refractivity contribution in [2.24, 2.45) is 0 Å². The first-order chi connectivity index (χ1) is 27.7. The molecule has 0 fully saturated rings. The van der Waals surface area contributed by atoms with Crippen LogP contribution in [0.2, 0.25) is 0 Å². The molecule has 262 valence electrons. The summed E-state index contributed by atoms with van der Waals surface area (Å²) >= 11 is 1.80. The second kappa shape index (κ2) is 13.2. The van der Waals surface area contributed by atoms with E-state index in [1.165, 1.54) is 20.2 Å². The van der Waals surface area contributed by atoms with Crippen LogP contribution in [-0.4, -0.2) is 19.9 Å². The molecule has 3 heterocycles. The third-order valence-corrected chi connectivity index (χ3v) is 11.5. The van der Waals surface area contributed by atoms with Crippen LogP contribution >= 0.6 is 11.3 Å². The summed E-state index contributed by atoms with van der Waals surface area (Å²) in [5.41, 5.74) is 9.81. The van der Waals surface area contributed by atoms with E-state index in [0.717, 1.165) is 66.4 Å². The quantitative estimate of drug-likeness (QED) is 0.170. The van der Waals surface area contributed by atoms with Crippen LogP contribution in [0.1, 0.15) is 0 Å². The van der Waals surface area contributed by atoms with Crippen molar-refractivity contribution in [3.63, 3.8) is 0 Å². The third kappa shape index (κ3) is 5.63. The van der Waals surface area contributed by atoms with Gasteiger partial charge in [-0.1, -0.05) is 140 Å². The van der Waals surface area contributed by atoms with Gasteiger partial charge in [0.1, 0.15) is 5.52 Å². The Kier molecular flexibility index (Phi) is 7.60. The largest absolute Gasteiger partial charge is 0.436 e. The zero-order valence-corrected chi connectivity index (χ0v) is 30.7. The lowest BCUT2D eigenvalue weighted by Gasteiger charge is -2.11. The lowest BCUT2D eigenvalue weighted by atomic mass is 9.97. The number of hydrogen-bond donors (Lipinski definition) is 0. The zero-order valence-electron chi connectivity index (χ0n) is 29.9. The molecule has 3 aromatic heterocycles. The molecule has 0 aliphatic carbocycles. The highest BCUT2D eigenvalue weighted by atomic mass is 32.1. The van der Waals surface area contributed by atoms with Gasteiger partial charge in [-0.05, 0) is 69.9 Å². The number of rotatable bonds is 6. The molecule has 0 unspecified atom stereocenters. The van der Waals surface area contributed by atoms with E-state index in [2.05, 4.69) is 115 Å². The smallest absolute Gasteiger partial charge is 0.227 e. The summed E-state index contributed by atoms with van der Waals surface area (Å²) in [5.74, 6) is 2.50. The van der Waals surface area contributed by atoms with Gasteiger partial charge in [0.2, 0.25) is 5.89 Å². The van der Waals surface area contributed by atoms with Gasteiger partial charge < -0.3 is 4.42 Å². The molecular weight excluding hydrogens is 705 g/mol. The van der Waals surface area contributed by atoms with Crippen molar-refractivity contribution in [3.8, 4) is 67.9 Å². The minimum atomic E-state index is 0.618. The zero-order chi connectivity index (χ0) is 37.0. The van der Waals surface area contributed by atoms with Crippen molar-refractivity contribution in [2.75, 3.05) is 0 Å². The normalized spacial score (nSPS) is 11.6. The van der Waals surface area contributed by atoms with Crippen molar-refractivity contribution in [3.05, 3.63) is 182 Å². The highest BCUT2D eigenvalue weighted by Gasteiger charge is 2.21. The molecule has 0 saturated heterocycles. The molecule has 0 N–H and O–H groups in total. The predicted molar refractivity (Wildman–Crippen MR) is 230 cm³/mol. The Balaban J connectivity index is 1.05. The molecule has 8 aromatic carbocycles. The van der Waals surface area contributed by atoms with Crippen molar-refractivity contribution in [2.45, 2.75) is 0 Å². The molecule has 0 amide bonds. The van der Waals surface area contributed by atoms with E-state index in [9.17, 15) is 0 Å². The summed E-state index contributed by atoms with van der Waals surface area (Å²) in [6, 6.07) is 62.8. The van der Waals surface area contributed by atoms with Gasteiger partial charge in [-0.15, -0.1) is 11.3 Å². The summed E-state index contributed by atoms with van der Waals surface area (Å²) in [7, 11) is 0. The fourth-order valence-electron chi connectivity index (χ4n) is 7.57. The van der Waals surface area contributed by atoms with E-state index in [1.54, 1.807) is 11.3 Å². The first-order valence-corrected chi connectivity index (χ1v) is 19.4. The predicted octanol–water partition coefficient (Wildman–Crippen LogP) is 13.5. The maximum absolute atomic E-state index is 6.48. The standard InChI is InChI=1S/C50H30N4OS/c1-4-13-31(14-5-1)34-19-12-20-38(28-34)48-52-47(32-15-6-2-7-16-32)53-49(54-48)39-26-24-35-27-37(25-23-36(35)29-39)44-45-42(55-50(51-45)33-17-8-3-9-18-33)30-41-40-21-10-11-22-43(40)56-46(41)44/h1-30H. The number of hydrogen-bond acceptors (Lipinski definition) is 6. The molecule has 11 aromatic rings. The number of thiophene rings is 1. The topological polar surface area (TPSA) is 64.7 Å². The Morgan fingerprint density at radius 3 is 1.66 bits per heavy atom. The number of fused-ring (bicyclic) bond motifs is 5. The molecule has 0 aliphatic rings. The minimum absolute atomic E-state index is 0.618. The van der Waals surface area contributed by atoms with E-state index in [1.807, 2.05) is 66.7 Å². The van der Waals surface area contributed by atoms with Crippen LogP contribution in [0.25, 0.3) is 110 Å². The first-order valence-electron chi connectivity index (χ1n) is 18.5. The maximum atomic E-state index is 6.48. The van der Waals surface area contributed by atoms with Crippen molar-refractivity contribution in [1.82, 2.24) is 19.9 Å². The van der Waals surface area contributed by atoms with Crippen LogP contribution in [0.15, 0.2) is 186 Å². The molecular formula is C50H30N4OS. The summed E-state index contributed by atoms with van der Waals surface area (Å²) in [6.45, 7) is 0. The van der Waals surface area contributed by atoms with Gasteiger partial charge >= 0.3 is 0 Å². The number of nitrogens with zero attached hydrogens (tertiary/aromatic N) is 4. The number of oxazole rings is 1. The highest BCUT2D eigenvalue weighted by molar-refractivity contribution is 7.26. The van der Waals surface area contributed by atoms with Crippen molar-refractivity contribution >= 4 is 53.4 Å². The Hall–Kier alpha value is -7.28. The molecule has 11 rings (SSSR count). The van der Waals surface area contributed by atoms with Gasteiger partial charge in [-0.3, -0.25) is 0 Å². The second-order valence-corrected chi connectivity index (χ2v) is 14.9. The molecule has 0 saturated carbocycles. The van der Waals surface area contributed by atoms with Crippen LogP contribution in [0.4, 0.5) is 0 Å². The summed E-state index contributed by atoms with van der Waals surface area (Å²) in [5, 5.41) is 4.59. The molecule has 6 heteroatoms. The Bertz CT molecular complexity index is 3250. The van der Waals surface area contributed by atoms with Crippen LogP contribution < -0.4 is 0 Å². The number of aromatic nitrogens is 4. The molecule has 56 heavy (non-hydrogen) atoms. The summed E-state index contributed by atoms with van der Waals surface area (Å²) in [6.07, 6.45) is 0. The fraction of sp³-hybridized carbons (Fsp3) is 0. The van der Waals surface area contributed by atoms with Crippen LogP contribution in [0.3, 0.4) is 0 Å². The van der Waals surface area contributed by atoms with E-state index in [4.69, 9.17) is 24.4 Å². The van der Waals surface area contributed by atoms with Gasteiger partial charge in [-0.25, -0.2) is 19.9 Å². The Labute approximate surface area is 326 Å². The van der Waals surface area contributed by atoms with E-state index in [-0.39, 0.29) is 0 Å². The molecule has 0 aliphatic heterocycles. The third-order valence-electron chi connectivity index (χ3n) is 10.3. The minimum Gasteiger partial charge on any atom is -0.436 e. The SMILES string of the molecule is c1ccc(-c2cccc(-c3nc(-c4ccccc4)nc(-c4ccc5cc(-c6c7nc(-c8ccccc8)oc7cc7c6sc6ccccc67)ccc5c4)n3)c2)cc1.